The number of methoxy groups -OCH3 is 1. The Morgan fingerprint density at radius 3 is 2.57 bits per heavy atom. The van der Waals surface area contributed by atoms with Gasteiger partial charge in [-0.1, -0.05) is 12.1 Å². The highest BCUT2D eigenvalue weighted by molar-refractivity contribution is 6.02. The van der Waals surface area contributed by atoms with E-state index in [1.807, 2.05) is 0 Å². The van der Waals surface area contributed by atoms with Crippen molar-refractivity contribution >= 4 is 23.3 Å². The zero-order chi connectivity index (χ0) is 21.8. The van der Waals surface area contributed by atoms with Gasteiger partial charge in [-0.3, -0.25) is 14.4 Å². The molecule has 0 spiro atoms. The number of rotatable bonds is 6. The van der Waals surface area contributed by atoms with Crippen molar-refractivity contribution in [3.05, 3.63) is 69.3 Å². The lowest BCUT2D eigenvalue weighted by atomic mass is 10.1. The van der Waals surface area contributed by atoms with E-state index in [2.05, 4.69) is 20.5 Å². The number of nitrogens with one attached hydrogen (secondary N) is 3. The van der Waals surface area contributed by atoms with E-state index in [4.69, 9.17) is 4.74 Å². The number of aromatic nitrogens is 3. The van der Waals surface area contributed by atoms with E-state index in [0.29, 0.717) is 28.2 Å². The molecule has 0 saturated carbocycles. The van der Waals surface area contributed by atoms with Gasteiger partial charge in [-0.2, -0.15) is 5.10 Å². The first-order valence-electron chi connectivity index (χ1n) is 9.07. The third-order valence-electron chi connectivity index (χ3n) is 4.53. The summed E-state index contributed by atoms with van der Waals surface area (Å²) in [7, 11) is 1.24. The van der Waals surface area contributed by atoms with Crippen LogP contribution in [0.5, 0.6) is 0 Å². The highest BCUT2D eigenvalue weighted by Crippen LogP contribution is 2.22. The minimum atomic E-state index is -0.620. The molecule has 0 aliphatic carbocycles. The minimum absolute atomic E-state index is 0.153. The fourth-order valence-electron chi connectivity index (χ4n) is 3.15. The molecule has 0 bridgehead atoms. The van der Waals surface area contributed by atoms with Crippen LogP contribution in [-0.2, 0) is 16.0 Å². The van der Waals surface area contributed by atoms with E-state index >= 15 is 0 Å². The van der Waals surface area contributed by atoms with Crippen LogP contribution in [0.2, 0.25) is 0 Å². The second kappa shape index (κ2) is 8.56. The summed E-state index contributed by atoms with van der Waals surface area (Å²) >= 11 is 0. The normalized spacial score (nSPS) is 10.5. The quantitative estimate of drug-likeness (QED) is 0.423. The molecule has 0 aliphatic rings. The number of amides is 1. The molecule has 9 nitrogen and oxygen atoms in total. The Morgan fingerprint density at radius 1 is 1.17 bits per heavy atom. The fraction of sp³-hybridized carbons (Fsp3) is 0.190. The molecule has 30 heavy (non-hydrogen) atoms. The molecule has 0 atom stereocenters. The number of nitrogens with zero attached hydrogens (tertiary/aromatic N) is 1. The van der Waals surface area contributed by atoms with Gasteiger partial charge < -0.3 is 15.0 Å². The maximum absolute atomic E-state index is 12.6. The molecule has 2 heterocycles. The molecular formula is C21H20N4O5. The van der Waals surface area contributed by atoms with Crippen molar-refractivity contribution in [3.8, 4) is 11.3 Å². The van der Waals surface area contributed by atoms with Crippen LogP contribution in [0.3, 0.4) is 0 Å². The number of ether oxygens (including phenoxy) is 1. The summed E-state index contributed by atoms with van der Waals surface area (Å²) < 4.78 is 4.79. The minimum Gasteiger partial charge on any atom is -0.465 e. The second-order valence-corrected chi connectivity index (χ2v) is 6.64. The van der Waals surface area contributed by atoms with Crippen molar-refractivity contribution in [2.45, 2.75) is 20.3 Å². The molecule has 3 aromatic rings. The fourth-order valence-corrected chi connectivity index (χ4v) is 3.15. The van der Waals surface area contributed by atoms with Crippen LogP contribution in [-0.4, -0.2) is 40.0 Å². The average molecular weight is 408 g/mol. The first-order chi connectivity index (χ1) is 14.3. The summed E-state index contributed by atoms with van der Waals surface area (Å²) in [5.41, 5.74) is 2.66. The van der Waals surface area contributed by atoms with Gasteiger partial charge in [0.2, 0.25) is 5.91 Å². The van der Waals surface area contributed by atoms with Gasteiger partial charge in [0.15, 0.2) is 5.78 Å². The van der Waals surface area contributed by atoms with Crippen molar-refractivity contribution in [2.24, 2.45) is 0 Å². The third kappa shape index (κ3) is 4.35. The Kier molecular flexibility index (Phi) is 5.91. The van der Waals surface area contributed by atoms with Gasteiger partial charge >= 0.3 is 5.97 Å². The molecule has 3 rings (SSSR count). The number of anilines is 1. The van der Waals surface area contributed by atoms with Gasteiger partial charge in [0.05, 0.1) is 30.5 Å². The summed E-state index contributed by atoms with van der Waals surface area (Å²) in [5, 5.41) is 9.09. The van der Waals surface area contributed by atoms with Crippen LogP contribution in [0.1, 0.15) is 39.0 Å². The molecule has 1 aromatic carbocycles. The first kappa shape index (κ1) is 20.7. The van der Waals surface area contributed by atoms with Gasteiger partial charge in [0, 0.05) is 29.9 Å². The maximum atomic E-state index is 12.6. The largest absolute Gasteiger partial charge is 0.465 e. The van der Waals surface area contributed by atoms with E-state index < -0.39 is 5.97 Å². The Hall–Kier alpha value is -4.01. The SMILES string of the molecule is COC(=O)c1c(CC(=O)Nc2cccc(-c3ccc(=O)[nH]n3)c2)[nH]c(C(C)=O)c1C. The van der Waals surface area contributed by atoms with Crippen LogP contribution in [0.25, 0.3) is 11.3 Å². The van der Waals surface area contributed by atoms with Crippen molar-refractivity contribution in [2.75, 3.05) is 12.4 Å². The number of aromatic amines is 2. The van der Waals surface area contributed by atoms with E-state index in [9.17, 15) is 19.2 Å². The zero-order valence-electron chi connectivity index (χ0n) is 16.7. The molecule has 2 aromatic heterocycles. The maximum Gasteiger partial charge on any atom is 0.339 e. The van der Waals surface area contributed by atoms with E-state index in [-0.39, 0.29) is 34.9 Å². The topological polar surface area (TPSA) is 134 Å². The third-order valence-corrected chi connectivity index (χ3v) is 4.53. The lowest BCUT2D eigenvalue weighted by Gasteiger charge is -2.08. The molecule has 0 fully saturated rings. The standard InChI is InChI=1S/C21H20N4O5/c1-11-19(21(29)30-3)16(23-20(11)12(2)26)10-18(28)22-14-6-4-5-13(9-14)15-7-8-17(27)25-24-15/h4-9,23H,10H2,1-3H3,(H,22,28)(H,25,27). The number of hydrogen-bond acceptors (Lipinski definition) is 6. The Bertz CT molecular complexity index is 1170. The number of hydrogen-bond donors (Lipinski definition) is 3. The first-order valence-corrected chi connectivity index (χ1v) is 9.07. The zero-order valence-corrected chi connectivity index (χ0v) is 16.7. The van der Waals surface area contributed by atoms with Crippen LogP contribution in [0, 0.1) is 6.92 Å². The molecule has 1 amide bonds. The molecule has 0 aliphatic heterocycles. The molecular weight excluding hydrogens is 388 g/mol. The van der Waals surface area contributed by atoms with Crippen LogP contribution < -0.4 is 10.9 Å². The lowest BCUT2D eigenvalue weighted by molar-refractivity contribution is -0.115. The number of H-pyrrole nitrogens is 2. The number of benzene rings is 1. The van der Waals surface area contributed by atoms with Gasteiger partial charge in [0.1, 0.15) is 0 Å². The van der Waals surface area contributed by atoms with E-state index in [1.165, 1.54) is 20.1 Å². The summed E-state index contributed by atoms with van der Waals surface area (Å²) in [5.74, 6) is -1.25. The highest BCUT2D eigenvalue weighted by atomic mass is 16.5. The highest BCUT2D eigenvalue weighted by Gasteiger charge is 2.24. The second-order valence-electron chi connectivity index (χ2n) is 6.64. The van der Waals surface area contributed by atoms with Crippen LogP contribution >= 0.6 is 0 Å². The Balaban J connectivity index is 1.83. The predicted molar refractivity (Wildman–Crippen MR) is 110 cm³/mol. The molecule has 0 radical (unpaired) electrons. The molecule has 9 heteroatoms. The van der Waals surface area contributed by atoms with Gasteiger partial charge in [-0.15, -0.1) is 0 Å². The summed E-state index contributed by atoms with van der Waals surface area (Å²) in [6.07, 6.45) is -0.153. The van der Waals surface area contributed by atoms with Crippen molar-refractivity contribution in [3.63, 3.8) is 0 Å². The van der Waals surface area contributed by atoms with Gasteiger partial charge in [-0.25, -0.2) is 9.89 Å². The van der Waals surface area contributed by atoms with Crippen LogP contribution in [0.15, 0.2) is 41.2 Å². The Labute approximate surface area is 171 Å². The van der Waals surface area contributed by atoms with E-state index in [0.717, 1.165) is 0 Å². The summed E-state index contributed by atoms with van der Waals surface area (Å²) in [6.45, 7) is 3.00. The number of ketones is 1. The van der Waals surface area contributed by atoms with Crippen molar-refractivity contribution < 1.29 is 19.1 Å². The number of esters is 1. The number of Topliss-reactive ketones (excluding diaryl/α,β-unsaturated/α-hetero) is 1. The number of carbonyl (C=O) groups excluding carboxylic acids is 3. The van der Waals surface area contributed by atoms with Crippen molar-refractivity contribution in [1.29, 1.82) is 0 Å². The molecule has 154 valence electrons. The van der Waals surface area contributed by atoms with Crippen LogP contribution in [0.4, 0.5) is 5.69 Å². The van der Waals surface area contributed by atoms with Gasteiger partial charge in [0.25, 0.3) is 5.56 Å². The number of carbonyl (C=O) groups is 3. The average Bonchev–Trinajstić information content (AvgIpc) is 3.04. The molecule has 3 N–H and O–H groups in total. The lowest BCUT2D eigenvalue weighted by Crippen LogP contribution is -2.17. The Morgan fingerprint density at radius 2 is 1.93 bits per heavy atom. The van der Waals surface area contributed by atoms with Crippen molar-refractivity contribution in [1.82, 2.24) is 15.2 Å². The van der Waals surface area contributed by atoms with Gasteiger partial charge in [-0.05, 0) is 30.7 Å². The molecule has 0 unspecified atom stereocenters. The smallest absolute Gasteiger partial charge is 0.339 e. The monoisotopic (exact) mass is 408 g/mol. The summed E-state index contributed by atoms with van der Waals surface area (Å²) in [4.78, 5) is 50.6. The summed E-state index contributed by atoms with van der Waals surface area (Å²) in [6, 6.07) is 9.88. The molecule has 0 saturated heterocycles. The predicted octanol–water partition coefficient (Wildman–Crippen LogP) is 2.24. The van der Waals surface area contributed by atoms with E-state index in [1.54, 1.807) is 37.3 Å².